The van der Waals surface area contributed by atoms with Crippen LogP contribution in [0.2, 0.25) is 5.02 Å². The summed E-state index contributed by atoms with van der Waals surface area (Å²) in [4.78, 5) is 36.0. The number of nitrogens with zero attached hydrogens (tertiary/aromatic N) is 4. The van der Waals surface area contributed by atoms with E-state index in [1.54, 1.807) is 24.1 Å². The average Bonchev–Trinajstić information content (AvgIpc) is 3.56. The molecular weight excluding hydrogens is 509 g/mol. The number of halogens is 2. The molecule has 3 heterocycles. The van der Waals surface area contributed by atoms with Crippen LogP contribution in [0.1, 0.15) is 16.8 Å². The fourth-order valence-corrected chi connectivity index (χ4v) is 5.19. The van der Waals surface area contributed by atoms with Crippen molar-refractivity contribution < 1.29 is 9.59 Å². The Kier molecular flexibility index (Phi) is 7.46. The van der Waals surface area contributed by atoms with Crippen molar-refractivity contribution in [3.8, 4) is 0 Å². The summed E-state index contributed by atoms with van der Waals surface area (Å²) in [6, 6.07) is 11.1. The van der Waals surface area contributed by atoms with Crippen LogP contribution in [0.25, 0.3) is 21.3 Å². The smallest absolute Gasteiger partial charge is 0.251 e. The molecule has 5 rings (SSSR count). The first kappa shape index (κ1) is 25.2. The molecule has 0 bridgehead atoms. The van der Waals surface area contributed by atoms with E-state index in [1.165, 1.54) is 11.3 Å². The van der Waals surface area contributed by atoms with Crippen molar-refractivity contribution in [3.63, 3.8) is 0 Å². The quantitative estimate of drug-likeness (QED) is 0.350. The van der Waals surface area contributed by atoms with Gasteiger partial charge in [-0.25, -0.2) is 9.97 Å². The SMILES string of the molecule is CN(C(=O)CNC(=O)c1ccc2c(c1)nc(Nc1nc3ccc(Cl)cc3s1)n2C)C1CCNC1.Cl. The monoisotopic (exact) mass is 533 g/mol. The number of benzene rings is 2. The minimum absolute atomic E-state index is 0. The number of aryl methyl sites for hydroxylation is 1. The molecule has 0 aliphatic carbocycles. The molecule has 4 aromatic rings. The first-order chi connectivity index (χ1) is 16.4. The van der Waals surface area contributed by atoms with Crippen molar-refractivity contribution in [3.05, 3.63) is 47.0 Å². The highest BCUT2D eigenvalue weighted by atomic mass is 35.5. The van der Waals surface area contributed by atoms with Crippen molar-refractivity contribution in [1.82, 2.24) is 30.1 Å². The Hall–Kier alpha value is -2.92. The molecule has 3 N–H and O–H groups in total. The van der Waals surface area contributed by atoms with E-state index in [1.807, 2.05) is 35.9 Å². The van der Waals surface area contributed by atoms with Gasteiger partial charge in [0, 0.05) is 37.3 Å². The van der Waals surface area contributed by atoms with Gasteiger partial charge in [-0.1, -0.05) is 22.9 Å². The first-order valence-corrected chi connectivity index (χ1v) is 12.1. The highest BCUT2D eigenvalue weighted by Crippen LogP contribution is 2.31. The summed E-state index contributed by atoms with van der Waals surface area (Å²) in [5.41, 5.74) is 2.85. The number of fused-ring (bicyclic) bond motifs is 2. The summed E-state index contributed by atoms with van der Waals surface area (Å²) < 4.78 is 2.89. The highest BCUT2D eigenvalue weighted by molar-refractivity contribution is 7.22. The van der Waals surface area contributed by atoms with Crippen LogP contribution in [0, 0.1) is 0 Å². The summed E-state index contributed by atoms with van der Waals surface area (Å²) >= 11 is 7.57. The number of rotatable bonds is 6. The predicted molar refractivity (Wildman–Crippen MR) is 142 cm³/mol. The van der Waals surface area contributed by atoms with Crippen LogP contribution >= 0.6 is 35.3 Å². The lowest BCUT2D eigenvalue weighted by Crippen LogP contribution is -2.44. The number of hydrogen-bond donors (Lipinski definition) is 3. The largest absolute Gasteiger partial charge is 0.343 e. The number of likely N-dealkylation sites (N-methyl/N-ethyl adjacent to an activating group) is 1. The average molecular weight is 534 g/mol. The van der Waals surface area contributed by atoms with Crippen LogP contribution in [0.5, 0.6) is 0 Å². The van der Waals surface area contributed by atoms with Gasteiger partial charge in [0.25, 0.3) is 5.91 Å². The van der Waals surface area contributed by atoms with Gasteiger partial charge in [-0.05, 0) is 49.4 Å². The number of nitrogens with one attached hydrogen (secondary N) is 3. The molecule has 2 aromatic carbocycles. The minimum Gasteiger partial charge on any atom is -0.343 e. The molecule has 1 aliphatic rings. The maximum absolute atomic E-state index is 12.7. The number of carbonyl (C=O) groups excluding carboxylic acids is 2. The zero-order valence-corrected chi connectivity index (χ0v) is 21.6. The normalized spacial score (nSPS) is 15.2. The van der Waals surface area contributed by atoms with Gasteiger partial charge in [-0.2, -0.15) is 0 Å². The van der Waals surface area contributed by atoms with E-state index >= 15 is 0 Å². The van der Waals surface area contributed by atoms with Crippen molar-refractivity contribution in [2.45, 2.75) is 12.5 Å². The van der Waals surface area contributed by atoms with Crippen molar-refractivity contribution in [2.75, 3.05) is 32.0 Å². The molecule has 1 saturated heterocycles. The van der Waals surface area contributed by atoms with Crippen LogP contribution in [-0.2, 0) is 11.8 Å². The van der Waals surface area contributed by atoms with Gasteiger partial charge in [0.15, 0.2) is 5.13 Å². The number of imidazole rings is 1. The minimum atomic E-state index is -0.309. The maximum atomic E-state index is 12.7. The van der Waals surface area contributed by atoms with Gasteiger partial charge in [0.1, 0.15) is 0 Å². The third kappa shape index (κ3) is 5.20. The topological polar surface area (TPSA) is 104 Å². The van der Waals surface area contributed by atoms with Gasteiger partial charge >= 0.3 is 0 Å². The zero-order valence-electron chi connectivity index (χ0n) is 19.2. The summed E-state index contributed by atoms with van der Waals surface area (Å²) in [5.74, 6) is 0.195. The lowest BCUT2D eigenvalue weighted by molar-refractivity contribution is -0.130. The number of carbonyl (C=O) groups is 2. The van der Waals surface area contributed by atoms with Crippen molar-refractivity contribution >= 4 is 79.5 Å². The third-order valence-electron chi connectivity index (χ3n) is 6.09. The highest BCUT2D eigenvalue weighted by Gasteiger charge is 2.23. The zero-order chi connectivity index (χ0) is 23.8. The summed E-state index contributed by atoms with van der Waals surface area (Å²) in [6.45, 7) is 1.65. The van der Waals surface area contributed by atoms with Crippen LogP contribution in [0.3, 0.4) is 0 Å². The number of hydrogen-bond acceptors (Lipinski definition) is 7. The molecule has 0 radical (unpaired) electrons. The number of aromatic nitrogens is 3. The van der Waals surface area contributed by atoms with E-state index in [0.29, 0.717) is 27.2 Å². The van der Waals surface area contributed by atoms with Gasteiger partial charge < -0.3 is 25.4 Å². The second-order valence-corrected chi connectivity index (χ2v) is 9.76. The molecular formula is C23H25Cl2N7O2S. The van der Waals surface area contributed by atoms with Crippen molar-refractivity contribution in [1.29, 1.82) is 0 Å². The Morgan fingerprint density at radius 3 is 2.83 bits per heavy atom. The molecule has 184 valence electrons. The fourth-order valence-electron chi connectivity index (χ4n) is 4.06. The molecule has 1 unspecified atom stereocenters. The molecule has 1 atom stereocenters. The van der Waals surface area contributed by atoms with Gasteiger partial charge in [-0.15, -0.1) is 12.4 Å². The summed E-state index contributed by atoms with van der Waals surface area (Å²) in [7, 11) is 3.68. The van der Waals surface area contributed by atoms with E-state index in [4.69, 9.17) is 11.6 Å². The van der Waals surface area contributed by atoms with Crippen LogP contribution < -0.4 is 16.0 Å². The van der Waals surface area contributed by atoms with Crippen LogP contribution in [0.4, 0.5) is 11.1 Å². The Morgan fingerprint density at radius 1 is 1.23 bits per heavy atom. The molecule has 12 heteroatoms. The van der Waals surface area contributed by atoms with E-state index in [9.17, 15) is 9.59 Å². The molecule has 35 heavy (non-hydrogen) atoms. The van der Waals surface area contributed by atoms with Gasteiger partial charge in [0.2, 0.25) is 11.9 Å². The maximum Gasteiger partial charge on any atom is 0.251 e. The molecule has 0 saturated carbocycles. The molecule has 2 aromatic heterocycles. The van der Waals surface area contributed by atoms with Gasteiger partial charge in [0.05, 0.1) is 27.8 Å². The van der Waals surface area contributed by atoms with Crippen molar-refractivity contribution in [2.24, 2.45) is 7.05 Å². The van der Waals surface area contributed by atoms with Crippen LogP contribution in [0.15, 0.2) is 36.4 Å². The van der Waals surface area contributed by atoms with E-state index in [2.05, 4.69) is 25.9 Å². The molecule has 0 spiro atoms. The number of amides is 2. The molecule has 1 fully saturated rings. The third-order valence-corrected chi connectivity index (χ3v) is 7.26. The predicted octanol–water partition coefficient (Wildman–Crippen LogP) is 3.55. The summed E-state index contributed by atoms with van der Waals surface area (Å²) in [5, 5.41) is 10.6. The number of anilines is 2. The lowest BCUT2D eigenvalue weighted by Gasteiger charge is -2.23. The molecule has 1 aliphatic heterocycles. The van der Waals surface area contributed by atoms with Gasteiger partial charge in [-0.3, -0.25) is 9.59 Å². The van der Waals surface area contributed by atoms with E-state index < -0.39 is 0 Å². The Bertz CT molecular complexity index is 1400. The molecule has 9 nitrogen and oxygen atoms in total. The summed E-state index contributed by atoms with van der Waals surface area (Å²) in [6.07, 6.45) is 0.924. The lowest BCUT2D eigenvalue weighted by atomic mass is 10.2. The molecule has 2 amide bonds. The second kappa shape index (κ2) is 10.4. The van der Waals surface area contributed by atoms with Crippen LogP contribution in [-0.4, -0.2) is 64.0 Å². The first-order valence-electron chi connectivity index (χ1n) is 10.9. The standard InChI is InChI=1S/C23H24ClN7O2S.ClH/c1-30(15-7-8-25-11-15)20(32)12-26-21(33)13-3-6-18-17(9-13)27-22(31(18)2)29-23-28-16-5-4-14(24)10-19(16)34-23;/h3-6,9-10,15,25H,7-8,11-12H2,1-2H3,(H,26,33)(H,27,28,29);1H. The fraction of sp³-hybridized carbons (Fsp3) is 0.304. The van der Waals surface area contributed by atoms with E-state index in [-0.39, 0.29) is 36.8 Å². The Labute approximate surface area is 217 Å². The number of thiazole rings is 1. The Morgan fingerprint density at radius 2 is 2.06 bits per heavy atom. The van der Waals surface area contributed by atoms with E-state index in [0.717, 1.165) is 35.2 Å². The Balaban J connectivity index is 0.00000289. The second-order valence-electron chi connectivity index (χ2n) is 8.29.